The number of fused-ring (bicyclic) bond motifs is 2. The molecule has 1 aliphatic heterocycles. The summed E-state index contributed by atoms with van der Waals surface area (Å²) in [6.07, 6.45) is 2.89. The number of allylic oxidation sites excluding steroid dienone is 1. The lowest BCUT2D eigenvalue weighted by Crippen LogP contribution is -2.53. The molecular formula is C31H25N3O3. The van der Waals surface area contributed by atoms with E-state index in [-0.39, 0.29) is 11.4 Å². The van der Waals surface area contributed by atoms with Gasteiger partial charge in [-0.1, -0.05) is 55.8 Å². The standard InChI is InChI=1S/C31H25N3O3/c1-3-9-22-18-26(28(35)21-14-16-24(37-2)17-15-21)31(30(22,19-32)20-33)25-12-7-8-13-27(25)34(29(31)36)23-10-5-4-6-11-23/h4-8,10-18,22H,3,9H2,1-2H3/t22-,31+/m0/s1. The van der Waals surface area contributed by atoms with Crippen LogP contribution >= 0.6 is 0 Å². The van der Waals surface area contributed by atoms with Gasteiger partial charge in [0, 0.05) is 22.7 Å². The number of anilines is 2. The van der Waals surface area contributed by atoms with Crippen molar-refractivity contribution in [3.63, 3.8) is 0 Å². The SMILES string of the molecule is CCC[C@H]1C=C(C(=O)c2ccc(OC)cc2)[C@]2(C(=O)N(c3ccccc3)c3ccccc32)C1(C#N)C#N. The third kappa shape index (κ3) is 3.16. The molecule has 1 amide bonds. The van der Waals surface area contributed by atoms with Crippen molar-refractivity contribution >= 4 is 23.1 Å². The van der Waals surface area contributed by atoms with Crippen molar-refractivity contribution in [1.82, 2.24) is 0 Å². The van der Waals surface area contributed by atoms with Crippen LogP contribution < -0.4 is 9.64 Å². The molecule has 6 heteroatoms. The first kappa shape index (κ1) is 24.0. The van der Waals surface area contributed by atoms with Crippen LogP contribution in [0.4, 0.5) is 11.4 Å². The van der Waals surface area contributed by atoms with Gasteiger partial charge < -0.3 is 4.74 Å². The van der Waals surface area contributed by atoms with Gasteiger partial charge in [0.25, 0.3) is 0 Å². The van der Waals surface area contributed by atoms with E-state index in [1.165, 1.54) is 0 Å². The van der Waals surface area contributed by atoms with E-state index in [1.807, 2.05) is 31.2 Å². The Kier molecular flexibility index (Phi) is 5.90. The molecule has 0 saturated heterocycles. The third-order valence-electron chi connectivity index (χ3n) is 7.56. The fraction of sp³-hybridized carbons (Fsp3) is 0.226. The summed E-state index contributed by atoms with van der Waals surface area (Å²) in [4.78, 5) is 30.4. The first-order chi connectivity index (χ1) is 18.0. The summed E-state index contributed by atoms with van der Waals surface area (Å²) < 4.78 is 5.24. The number of ketones is 1. The van der Waals surface area contributed by atoms with Crippen LogP contribution in [-0.4, -0.2) is 18.8 Å². The van der Waals surface area contributed by atoms with E-state index < -0.39 is 22.7 Å². The maximum Gasteiger partial charge on any atom is 0.249 e. The number of carbonyl (C=O) groups is 2. The Morgan fingerprint density at radius 3 is 2.24 bits per heavy atom. The Morgan fingerprint density at radius 1 is 0.973 bits per heavy atom. The zero-order chi connectivity index (χ0) is 26.2. The highest BCUT2D eigenvalue weighted by Gasteiger charge is 2.72. The van der Waals surface area contributed by atoms with Crippen molar-refractivity contribution in [3.8, 4) is 17.9 Å². The molecule has 3 aromatic rings. The first-order valence-corrected chi connectivity index (χ1v) is 12.2. The van der Waals surface area contributed by atoms with Crippen LogP contribution in [0.2, 0.25) is 0 Å². The average Bonchev–Trinajstić information content (AvgIpc) is 3.39. The van der Waals surface area contributed by atoms with Crippen molar-refractivity contribution in [2.24, 2.45) is 11.3 Å². The molecule has 5 rings (SSSR count). The van der Waals surface area contributed by atoms with E-state index in [4.69, 9.17) is 4.74 Å². The molecule has 0 saturated carbocycles. The number of amides is 1. The summed E-state index contributed by atoms with van der Waals surface area (Å²) in [6, 6.07) is 27.5. The molecule has 0 fully saturated rings. The number of rotatable bonds is 6. The zero-order valence-electron chi connectivity index (χ0n) is 20.6. The highest BCUT2D eigenvalue weighted by molar-refractivity contribution is 6.24. The maximum atomic E-state index is 14.7. The summed E-state index contributed by atoms with van der Waals surface area (Å²) in [5.74, 6) is -0.849. The van der Waals surface area contributed by atoms with E-state index in [9.17, 15) is 20.1 Å². The molecule has 0 radical (unpaired) electrons. The van der Waals surface area contributed by atoms with Gasteiger partial charge in [-0.05, 0) is 54.4 Å². The topological polar surface area (TPSA) is 94.2 Å². The largest absolute Gasteiger partial charge is 0.497 e. The molecule has 1 heterocycles. The number of hydrogen-bond donors (Lipinski definition) is 0. The fourth-order valence-corrected chi connectivity index (χ4v) is 5.91. The second kappa shape index (κ2) is 9.08. The van der Waals surface area contributed by atoms with Crippen LogP contribution in [0.15, 0.2) is 90.5 Å². The Bertz CT molecular complexity index is 1480. The molecule has 1 spiro atoms. The van der Waals surface area contributed by atoms with Crippen molar-refractivity contribution in [2.45, 2.75) is 25.2 Å². The number of nitrogens with zero attached hydrogens (tertiary/aromatic N) is 3. The van der Waals surface area contributed by atoms with Crippen molar-refractivity contribution in [1.29, 1.82) is 10.5 Å². The summed E-state index contributed by atoms with van der Waals surface area (Å²) >= 11 is 0. The van der Waals surface area contributed by atoms with E-state index in [2.05, 4.69) is 12.1 Å². The lowest BCUT2D eigenvalue weighted by atomic mass is 9.57. The molecule has 3 aromatic carbocycles. The smallest absolute Gasteiger partial charge is 0.249 e. The number of para-hydroxylation sites is 2. The van der Waals surface area contributed by atoms with Crippen LogP contribution in [-0.2, 0) is 10.2 Å². The second-order valence-corrected chi connectivity index (χ2v) is 9.31. The predicted octanol–water partition coefficient (Wildman–Crippen LogP) is 5.88. The van der Waals surface area contributed by atoms with Crippen molar-refractivity contribution in [2.75, 3.05) is 12.0 Å². The van der Waals surface area contributed by atoms with Crippen molar-refractivity contribution < 1.29 is 14.3 Å². The number of ether oxygens (including phenoxy) is 1. The highest BCUT2D eigenvalue weighted by atomic mass is 16.5. The van der Waals surface area contributed by atoms with Gasteiger partial charge in [0.05, 0.1) is 24.9 Å². The number of hydrogen-bond acceptors (Lipinski definition) is 5. The van der Waals surface area contributed by atoms with Crippen LogP contribution in [0, 0.1) is 34.0 Å². The Morgan fingerprint density at radius 2 is 1.62 bits per heavy atom. The monoisotopic (exact) mass is 487 g/mol. The quantitative estimate of drug-likeness (QED) is 0.405. The molecule has 37 heavy (non-hydrogen) atoms. The Hall–Kier alpha value is -4.68. The number of benzene rings is 3. The van der Waals surface area contributed by atoms with E-state index >= 15 is 0 Å². The van der Waals surface area contributed by atoms with Gasteiger partial charge in [0.1, 0.15) is 11.2 Å². The molecule has 1 aliphatic carbocycles. The number of carbonyl (C=O) groups excluding carboxylic acids is 2. The highest BCUT2D eigenvalue weighted by Crippen LogP contribution is 2.64. The third-order valence-corrected chi connectivity index (χ3v) is 7.56. The van der Waals surface area contributed by atoms with Gasteiger partial charge in [-0.15, -0.1) is 0 Å². The van der Waals surface area contributed by atoms with Gasteiger partial charge >= 0.3 is 0 Å². The van der Waals surface area contributed by atoms with E-state index in [0.717, 1.165) is 0 Å². The second-order valence-electron chi connectivity index (χ2n) is 9.31. The number of methoxy groups -OCH3 is 1. The van der Waals surface area contributed by atoms with Crippen LogP contribution in [0.3, 0.4) is 0 Å². The number of nitriles is 2. The first-order valence-electron chi connectivity index (χ1n) is 12.2. The van der Waals surface area contributed by atoms with E-state index in [1.54, 1.807) is 72.7 Å². The normalized spacial score (nSPS) is 21.2. The lowest BCUT2D eigenvalue weighted by Gasteiger charge is -2.37. The van der Waals surface area contributed by atoms with Gasteiger partial charge in [0.15, 0.2) is 11.2 Å². The molecule has 182 valence electrons. The van der Waals surface area contributed by atoms with Gasteiger partial charge in [-0.2, -0.15) is 10.5 Å². The van der Waals surface area contributed by atoms with E-state index in [0.29, 0.717) is 41.1 Å². The summed E-state index contributed by atoms with van der Waals surface area (Å²) in [5, 5.41) is 21.3. The molecule has 6 nitrogen and oxygen atoms in total. The molecule has 2 aliphatic rings. The van der Waals surface area contributed by atoms with Crippen LogP contribution in [0.5, 0.6) is 5.75 Å². The fourth-order valence-electron chi connectivity index (χ4n) is 5.91. The molecular weight excluding hydrogens is 462 g/mol. The molecule has 0 unspecified atom stereocenters. The summed E-state index contributed by atoms with van der Waals surface area (Å²) in [5.41, 5.74) is -1.36. The minimum Gasteiger partial charge on any atom is -0.497 e. The van der Waals surface area contributed by atoms with Gasteiger partial charge in [-0.25, -0.2) is 0 Å². The van der Waals surface area contributed by atoms with Crippen LogP contribution in [0.25, 0.3) is 0 Å². The maximum absolute atomic E-state index is 14.7. The van der Waals surface area contributed by atoms with Gasteiger partial charge in [0.2, 0.25) is 5.91 Å². The summed E-state index contributed by atoms with van der Waals surface area (Å²) in [7, 11) is 1.54. The molecule has 0 aromatic heterocycles. The minimum absolute atomic E-state index is 0.176. The van der Waals surface area contributed by atoms with Crippen molar-refractivity contribution in [3.05, 3.63) is 102 Å². The summed E-state index contributed by atoms with van der Waals surface area (Å²) in [6.45, 7) is 1.96. The predicted molar refractivity (Wildman–Crippen MR) is 139 cm³/mol. The lowest BCUT2D eigenvalue weighted by molar-refractivity contribution is -0.123. The zero-order valence-corrected chi connectivity index (χ0v) is 20.6. The number of Topliss-reactive ketones (excluding diaryl/α,β-unsaturated/α-hetero) is 1. The van der Waals surface area contributed by atoms with Crippen LogP contribution in [0.1, 0.15) is 35.7 Å². The minimum atomic E-state index is -1.79. The molecule has 0 bridgehead atoms. The Balaban J connectivity index is 1.82. The molecule has 2 atom stereocenters. The average molecular weight is 488 g/mol. The Labute approximate surface area is 216 Å². The van der Waals surface area contributed by atoms with Gasteiger partial charge in [-0.3, -0.25) is 14.5 Å². The molecule has 0 N–H and O–H groups in total.